The van der Waals surface area contributed by atoms with Crippen molar-refractivity contribution < 1.29 is 0 Å². The highest BCUT2D eigenvalue weighted by Gasteiger charge is 2.38. The van der Waals surface area contributed by atoms with Crippen LogP contribution in [0.3, 0.4) is 0 Å². The van der Waals surface area contributed by atoms with Crippen molar-refractivity contribution in [2.45, 2.75) is 91.5 Å². The predicted molar refractivity (Wildman–Crippen MR) is 82.0 cm³/mol. The lowest BCUT2D eigenvalue weighted by atomic mass is 9.68. The standard InChI is InChI=1S/C17H35N/c1-6-8-13-17(7-2,14-18-16(3,4)5)15-11-9-10-12-15/h15,18H,6-14H2,1-5H3. The van der Waals surface area contributed by atoms with Crippen LogP contribution in [0.2, 0.25) is 0 Å². The van der Waals surface area contributed by atoms with Crippen LogP contribution in [0.15, 0.2) is 0 Å². The first kappa shape index (κ1) is 16.0. The fourth-order valence-corrected chi connectivity index (χ4v) is 3.54. The molecule has 0 aliphatic heterocycles. The Morgan fingerprint density at radius 2 is 1.67 bits per heavy atom. The van der Waals surface area contributed by atoms with E-state index in [1.807, 2.05) is 0 Å². The molecule has 1 aliphatic carbocycles. The van der Waals surface area contributed by atoms with Crippen molar-refractivity contribution in [3.05, 3.63) is 0 Å². The molecule has 0 saturated heterocycles. The second-order valence-electron chi connectivity index (χ2n) is 7.40. The van der Waals surface area contributed by atoms with Crippen LogP contribution in [0.25, 0.3) is 0 Å². The molecule has 0 bridgehead atoms. The van der Waals surface area contributed by atoms with Crippen molar-refractivity contribution in [2.24, 2.45) is 11.3 Å². The molecule has 0 radical (unpaired) electrons. The molecule has 1 fully saturated rings. The first-order valence-electron chi connectivity index (χ1n) is 8.18. The van der Waals surface area contributed by atoms with Crippen molar-refractivity contribution in [1.82, 2.24) is 5.32 Å². The van der Waals surface area contributed by atoms with Crippen LogP contribution in [-0.2, 0) is 0 Å². The summed E-state index contributed by atoms with van der Waals surface area (Å²) in [4.78, 5) is 0. The minimum absolute atomic E-state index is 0.255. The number of hydrogen-bond donors (Lipinski definition) is 1. The zero-order valence-corrected chi connectivity index (χ0v) is 13.4. The molecule has 0 amide bonds. The van der Waals surface area contributed by atoms with Gasteiger partial charge in [0.2, 0.25) is 0 Å². The van der Waals surface area contributed by atoms with Crippen LogP contribution in [0.4, 0.5) is 0 Å². The first-order chi connectivity index (χ1) is 8.43. The van der Waals surface area contributed by atoms with E-state index in [0.717, 1.165) is 5.92 Å². The van der Waals surface area contributed by atoms with E-state index in [9.17, 15) is 0 Å². The van der Waals surface area contributed by atoms with Gasteiger partial charge >= 0.3 is 0 Å². The minimum Gasteiger partial charge on any atom is -0.312 e. The zero-order chi connectivity index (χ0) is 13.6. The van der Waals surface area contributed by atoms with Gasteiger partial charge in [-0.05, 0) is 57.8 Å². The van der Waals surface area contributed by atoms with Gasteiger partial charge in [0.15, 0.2) is 0 Å². The minimum atomic E-state index is 0.255. The van der Waals surface area contributed by atoms with Gasteiger partial charge in [-0.3, -0.25) is 0 Å². The summed E-state index contributed by atoms with van der Waals surface area (Å²) in [5.74, 6) is 0.976. The van der Waals surface area contributed by atoms with Gasteiger partial charge in [-0.15, -0.1) is 0 Å². The molecule has 1 saturated carbocycles. The second-order valence-corrected chi connectivity index (χ2v) is 7.40. The summed E-state index contributed by atoms with van der Waals surface area (Å²) in [6, 6.07) is 0. The molecule has 0 aromatic carbocycles. The topological polar surface area (TPSA) is 12.0 Å². The van der Waals surface area contributed by atoms with Gasteiger partial charge in [-0.25, -0.2) is 0 Å². The summed E-state index contributed by atoms with van der Waals surface area (Å²) in [6.45, 7) is 12.8. The van der Waals surface area contributed by atoms with Crippen molar-refractivity contribution in [1.29, 1.82) is 0 Å². The molecule has 1 nitrogen and oxygen atoms in total. The summed E-state index contributed by atoms with van der Waals surface area (Å²) in [5.41, 5.74) is 0.824. The van der Waals surface area contributed by atoms with Crippen molar-refractivity contribution in [3.63, 3.8) is 0 Å². The third kappa shape index (κ3) is 4.57. The Hall–Kier alpha value is -0.0400. The summed E-state index contributed by atoms with van der Waals surface area (Å²) in [5, 5.41) is 3.80. The zero-order valence-electron chi connectivity index (χ0n) is 13.4. The Balaban J connectivity index is 2.69. The van der Waals surface area contributed by atoms with Gasteiger partial charge in [-0.1, -0.05) is 39.5 Å². The quantitative estimate of drug-likeness (QED) is 0.661. The maximum atomic E-state index is 3.80. The Morgan fingerprint density at radius 1 is 1.06 bits per heavy atom. The molecule has 1 unspecified atom stereocenters. The predicted octanol–water partition coefficient (Wildman–Crippen LogP) is 5.15. The molecule has 1 atom stereocenters. The van der Waals surface area contributed by atoms with E-state index in [-0.39, 0.29) is 5.54 Å². The number of hydrogen-bond acceptors (Lipinski definition) is 1. The van der Waals surface area contributed by atoms with E-state index in [4.69, 9.17) is 0 Å². The maximum Gasteiger partial charge on any atom is 0.00967 e. The summed E-state index contributed by atoms with van der Waals surface area (Å²) in [6.07, 6.45) is 11.4. The summed E-state index contributed by atoms with van der Waals surface area (Å²) in [7, 11) is 0. The van der Waals surface area contributed by atoms with E-state index in [1.54, 1.807) is 0 Å². The molecular formula is C17H35N. The Labute approximate surface area is 115 Å². The van der Waals surface area contributed by atoms with E-state index in [0.29, 0.717) is 5.41 Å². The summed E-state index contributed by atoms with van der Waals surface area (Å²) < 4.78 is 0. The van der Waals surface area contributed by atoms with Crippen molar-refractivity contribution >= 4 is 0 Å². The smallest absolute Gasteiger partial charge is 0.00967 e. The van der Waals surface area contributed by atoms with Crippen molar-refractivity contribution in [2.75, 3.05) is 6.54 Å². The fraction of sp³-hybridized carbons (Fsp3) is 1.00. The monoisotopic (exact) mass is 253 g/mol. The Kier molecular flexibility index (Phi) is 6.17. The van der Waals surface area contributed by atoms with Gasteiger partial charge < -0.3 is 5.32 Å². The molecule has 108 valence electrons. The van der Waals surface area contributed by atoms with Crippen LogP contribution < -0.4 is 5.32 Å². The molecule has 0 heterocycles. The molecule has 18 heavy (non-hydrogen) atoms. The highest BCUT2D eigenvalue weighted by molar-refractivity contribution is 4.91. The average molecular weight is 253 g/mol. The highest BCUT2D eigenvalue weighted by atomic mass is 15.0. The fourth-order valence-electron chi connectivity index (χ4n) is 3.54. The largest absolute Gasteiger partial charge is 0.312 e. The molecule has 1 N–H and O–H groups in total. The molecule has 1 aliphatic rings. The highest BCUT2D eigenvalue weighted by Crippen LogP contribution is 2.45. The Bertz CT molecular complexity index is 222. The van der Waals surface area contributed by atoms with Crippen LogP contribution >= 0.6 is 0 Å². The van der Waals surface area contributed by atoms with Gasteiger partial charge in [-0.2, -0.15) is 0 Å². The van der Waals surface area contributed by atoms with Gasteiger partial charge in [0.25, 0.3) is 0 Å². The maximum absolute atomic E-state index is 3.80. The van der Waals surface area contributed by atoms with E-state index < -0.39 is 0 Å². The molecule has 0 aromatic heterocycles. The second kappa shape index (κ2) is 6.93. The lowest BCUT2D eigenvalue weighted by Crippen LogP contribution is -2.46. The Morgan fingerprint density at radius 3 is 2.11 bits per heavy atom. The lowest BCUT2D eigenvalue weighted by molar-refractivity contribution is 0.118. The molecule has 0 aromatic rings. The average Bonchev–Trinajstić information content (AvgIpc) is 2.83. The molecular weight excluding hydrogens is 218 g/mol. The van der Waals surface area contributed by atoms with E-state index in [2.05, 4.69) is 39.9 Å². The molecule has 0 spiro atoms. The van der Waals surface area contributed by atoms with E-state index in [1.165, 1.54) is 57.9 Å². The normalized spacial score (nSPS) is 21.2. The third-order valence-electron chi connectivity index (χ3n) is 4.92. The molecule has 1 heteroatoms. The lowest BCUT2D eigenvalue weighted by Gasteiger charge is -2.41. The summed E-state index contributed by atoms with van der Waals surface area (Å²) >= 11 is 0. The first-order valence-corrected chi connectivity index (χ1v) is 8.18. The van der Waals surface area contributed by atoms with Gasteiger partial charge in [0, 0.05) is 12.1 Å². The number of nitrogens with one attached hydrogen (secondary N) is 1. The number of unbranched alkanes of at least 4 members (excludes halogenated alkanes) is 1. The van der Waals surface area contributed by atoms with Crippen LogP contribution in [0.1, 0.15) is 86.0 Å². The number of rotatable bonds is 7. The van der Waals surface area contributed by atoms with Crippen LogP contribution in [0, 0.1) is 11.3 Å². The van der Waals surface area contributed by atoms with Crippen LogP contribution in [-0.4, -0.2) is 12.1 Å². The van der Waals surface area contributed by atoms with Gasteiger partial charge in [0.1, 0.15) is 0 Å². The van der Waals surface area contributed by atoms with Crippen molar-refractivity contribution in [3.8, 4) is 0 Å². The van der Waals surface area contributed by atoms with E-state index >= 15 is 0 Å². The van der Waals surface area contributed by atoms with Gasteiger partial charge in [0.05, 0.1) is 0 Å². The molecule has 1 rings (SSSR count). The van der Waals surface area contributed by atoms with Crippen LogP contribution in [0.5, 0.6) is 0 Å². The third-order valence-corrected chi connectivity index (χ3v) is 4.92. The SMILES string of the molecule is CCCCC(CC)(CNC(C)(C)C)C1CCCC1.